The van der Waals surface area contributed by atoms with Crippen LogP contribution < -0.4 is 5.32 Å². The second-order valence-electron chi connectivity index (χ2n) is 11.5. The third-order valence-electron chi connectivity index (χ3n) is 9.76. The summed E-state index contributed by atoms with van der Waals surface area (Å²) in [6.07, 6.45) is 1.39. The molecule has 0 bridgehead atoms. The van der Waals surface area contributed by atoms with Crippen LogP contribution in [-0.4, -0.2) is 39.8 Å². The van der Waals surface area contributed by atoms with Crippen molar-refractivity contribution in [3.63, 3.8) is 0 Å². The summed E-state index contributed by atoms with van der Waals surface area (Å²) in [4.78, 5) is 25.4. The number of hydrogen-bond acceptors (Lipinski definition) is 4. The molecule has 0 heterocycles. The number of allylic oxidation sites excluding steroid dienone is 4. The van der Waals surface area contributed by atoms with E-state index in [-0.39, 0.29) is 41.9 Å². The Morgan fingerprint density at radius 2 is 1.86 bits per heavy atom. The number of alkyl halides is 3. The number of carbonyl (C=O) groups is 2. The normalized spacial score (nSPS) is 40.5. The van der Waals surface area contributed by atoms with Crippen molar-refractivity contribution in [2.75, 3.05) is 0 Å². The first-order chi connectivity index (χ1) is 16.8. The van der Waals surface area contributed by atoms with E-state index < -0.39 is 40.7 Å². The van der Waals surface area contributed by atoms with Gasteiger partial charge in [0.05, 0.1) is 6.10 Å². The largest absolute Gasteiger partial charge is 0.412 e. The van der Waals surface area contributed by atoms with Gasteiger partial charge in [0.1, 0.15) is 5.60 Å². The maximum atomic E-state index is 13.9. The highest BCUT2D eigenvalue weighted by molar-refractivity contribution is 6.01. The molecule has 5 nitrogen and oxygen atoms in total. The summed E-state index contributed by atoms with van der Waals surface area (Å²) in [7, 11) is 0. The van der Waals surface area contributed by atoms with Crippen LogP contribution in [0, 0.1) is 28.6 Å². The van der Waals surface area contributed by atoms with E-state index in [0.717, 1.165) is 5.57 Å². The average molecular weight is 504 g/mol. The van der Waals surface area contributed by atoms with Crippen molar-refractivity contribution in [2.24, 2.45) is 28.6 Å². The molecule has 36 heavy (non-hydrogen) atoms. The molecule has 0 aliphatic heterocycles. The lowest BCUT2D eigenvalue weighted by molar-refractivity contribution is -0.188. The fourth-order valence-electron chi connectivity index (χ4n) is 7.95. The van der Waals surface area contributed by atoms with E-state index in [1.54, 1.807) is 19.1 Å². The summed E-state index contributed by atoms with van der Waals surface area (Å²) in [6, 6.07) is 4.89. The van der Waals surface area contributed by atoms with Crippen molar-refractivity contribution in [2.45, 2.75) is 69.9 Å². The summed E-state index contributed by atoms with van der Waals surface area (Å²) < 4.78 is 41.8. The SMILES string of the molecule is CC12C=CC(=O)C=C1CCC1C2[C@@H](O)CC2(C)C1CC[C@]2(O)C(=O)N[C@@H](c1ccccc1)C(F)(F)F. The van der Waals surface area contributed by atoms with Gasteiger partial charge in [0.2, 0.25) is 0 Å². The van der Waals surface area contributed by atoms with Gasteiger partial charge in [-0.15, -0.1) is 0 Å². The van der Waals surface area contributed by atoms with Crippen LogP contribution in [0.2, 0.25) is 0 Å². The first-order valence-corrected chi connectivity index (χ1v) is 12.6. The van der Waals surface area contributed by atoms with E-state index in [1.165, 1.54) is 30.3 Å². The first kappa shape index (κ1) is 25.2. The van der Waals surface area contributed by atoms with Gasteiger partial charge in [-0.05, 0) is 61.7 Å². The van der Waals surface area contributed by atoms with Crippen molar-refractivity contribution >= 4 is 11.7 Å². The van der Waals surface area contributed by atoms with Gasteiger partial charge in [-0.2, -0.15) is 13.2 Å². The lowest BCUT2D eigenvalue weighted by Crippen LogP contribution is -2.63. The highest BCUT2D eigenvalue weighted by atomic mass is 19.4. The first-order valence-electron chi connectivity index (χ1n) is 12.6. The molecule has 5 unspecified atom stereocenters. The Bertz CT molecular complexity index is 1130. The van der Waals surface area contributed by atoms with Crippen LogP contribution in [0.4, 0.5) is 13.2 Å². The van der Waals surface area contributed by atoms with Crippen LogP contribution in [0.5, 0.6) is 0 Å². The summed E-state index contributed by atoms with van der Waals surface area (Å²) >= 11 is 0. The molecular formula is C28H32F3NO4. The van der Waals surface area contributed by atoms with Crippen LogP contribution in [-0.2, 0) is 9.59 Å². The number of carbonyl (C=O) groups excluding carboxylic acids is 2. The van der Waals surface area contributed by atoms with Crippen molar-refractivity contribution in [1.29, 1.82) is 0 Å². The number of rotatable bonds is 3. The third kappa shape index (κ3) is 3.59. The lowest BCUT2D eigenvalue weighted by atomic mass is 9.46. The zero-order valence-corrected chi connectivity index (χ0v) is 20.4. The van der Waals surface area contributed by atoms with Gasteiger partial charge in [-0.3, -0.25) is 9.59 Å². The Hall–Kier alpha value is -2.45. The van der Waals surface area contributed by atoms with Gasteiger partial charge in [0.25, 0.3) is 5.91 Å². The highest BCUT2D eigenvalue weighted by Gasteiger charge is 2.68. The van der Waals surface area contributed by atoms with Gasteiger partial charge >= 0.3 is 6.18 Å². The zero-order chi connectivity index (χ0) is 26.1. The molecule has 5 rings (SSSR count). The standard InChI is InChI=1S/C28H32F3NO4/c1-25-12-10-18(33)14-17(25)8-9-19-20-11-13-27(36,26(20,2)15-21(34)22(19)25)24(35)32-23(28(29,30)31)16-6-4-3-5-7-16/h3-7,10,12,14,19-23,34,36H,8-9,11,13,15H2,1-2H3,(H,32,35)/t19?,20?,21-,22?,23-,25?,26?,27-/m0/s1. The molecule has 3 fully saturated rings. The average Bonchev–Trinajstić information content (AvgIpc) is 3.08. The van der Waals surface area contributed by atoms with Crippen LogP contribution in [0.15, 0.2) is 54.1 Å². The number of benzene rings is 1. The molecule has 1 aromatic carbocycles. The van der Waals surface area contributed by atoms with E-state index in [2.05, 4.69) is 5.32 Å². The minimum absolute atomic E-state index is 0.0308. The van der Waals surface area contributed by atoms with Gasteiger partial charge in [-0.1, -0.05) is 55.8 Å². The Balaban J connectivity index is 1.45. The molecule has 4 aliphatic carbocycles. The fourth-order valence-corrected chi connectivity index (χ4v) is 7.95. The minimum Gasteiger partial charge on any atom is -0.393 e. The molecule has 8 heteroatoms. The predicted molar refractivity (Wildman–Crippen MR) is 126 cm³/mol. The zero-order valence-electron chi connectivity index (χ0n) is 20.4. The topological polar surface area (TPSA) is 86.6 Å². The molecule has 8 atom stereocenters. The predicted octanol–water partition coefficient (Wildman–Crippen LogP) is 4.42. The number of aliphatic hydroxyl groups is 2. The smallest absolute Gasteiger partial charge is 0.393 e. The second kappa shape index (κ2) is 8.28. The summed E-state index contributed by atoms with van der Waals surface area (Å²) in [5, 5.41) is 25.3. The third-order valence-corrected chi connectivity index (χ3v) is 9.76. The Labute approximate surface area is 208 Å². The molecule has 0 saturated heterocycles. The Kier molecular flexibility index (Phi) is 5.80. The molecular weight excluding hydrogens is 471 g/mol. The number of halogens is 3. The number of aliphatic hydroxyl groups excluding tert-OH is 1. The summed E-state index contributed by atoms with van der Waals surface area (Å²) in [6.45, 7) is 3.76. The number of ketones is 1. The van der Waals surface area contributed by atoms with Gasteiger partial charge in [0, 0.05) is 16.7 Å². The minimum atomic E-state index is -4.74. The fraction of sp³-hybridized carbons (Fsp3) is 0.571. The summed E-state index contributed by atoms with van der Waals surface area (Å²) in [5.41, 5.74) is -2.76. The quantitative estimate of drug-likeness (QED) is 0.570. The van der Waals surface area contributed by atoms with Crippen LogP contribution in [0.1, 0.15) is 57.6 Å². The molecule has 0 spiro atoms. The second-order valence-corrected chi connectivity index (χ2v) is 11.5. The molecule has 0 aromatic heterocycles. The number of amides is 1. The van der Waals surface area contributed by atoms with E-state index in [9.17, 15) is 33.0 Å². The van der Waals surface area contributed by atoms with Crippen LogP contribution >= 0.6 is 0 Å². The maximum Gasteiger partial charge on any atom is 0.412 e. The molecule has 3 N–H and O–H groups in total. The molecule has 0 radical (unpaired) electrons. The van der Waals surface area contributed by atoms with E-state index in [4.69, 9.17) is 0 Å². The van der Waals surface area contributed by atoms with Gasteiger partial charge in [0.15, 0.2) is 11.8 Å². The molecule has 194 valence electrons. The Morgan fingerprint density at radius 3 is 2.53 bits per heavy atom. The molecule has 1 amide bonds. The highest BCUT2D eigenvalue weighted by Crippen LogP contribution is 2.67. The number of nitrogens with one attached hydrogen (secondary N) is 1. The number of fused-ring (bicyclic) bond motifs is 5. The van der Waals surface area contributed by atoms with Crippen molar-refractivity contribution in [1.82, 2.24) is 5.32 Å². The summed E-state index contributed by atoms with van der Waals surface area (Å²) in [5.74, 6) is -1.49. The van der Waals surface area contributed by atoms with E-state index >= 15 is 0 Å². The molecule has 3 saturated carbocycles. The van der Waals surface area contributed by atoms with Gasteiger partial charge in [-0.25, -0.2) is 0 Å². The molecule has 1 aromatic rings. The maximum absolute atomic E-state index is 13.9. The van der Waals surface area contributed by atoms with E-state index in [0.29, 0.717) is 19.3 Å². The Morgan fingerprint density at radius 1 is 1.17 bits per heavy atom. The van der Waals surface area contributed by atoms with Crippen LogP contribution in [0.3, 0.4) is 0 Å². The van der Waals surface area contributed by atoms with Crippen LogP contribution in [0.25, 0.3) is 0 Å². The monoisotopic (exact) mass is 503 g/mol. The van der Waals surface area contributed by atoms with Gasteiger partial charge < -0.3 is 15.5 Å². The number of hydrogen-bond donors (Lipinski definition) is 3. The lowest BCUT2D eigenvalue weighted by Gasteiger charge is -2.59. The molecule has 4 aliphatic rings. The van der Waals surface area contributed by atoms with Crippen molar-refractivity contribution < 1.29 is 33.0 Å². The van der Waals surface area contributed by atoms with E-state index in [1.807, 2.05) is 13.0 Å². The van der Waals surface area contributed by atoms with Crippen molar-refractivity contribution in [3.8, 4) is 0 Å². The van der Waals surface area contributed by atoms with Crippen molar-refractivity contribution in [3.05, 3.63) is 59.7 Å².